The molecule has 0 aliphatic rings. The van der Waals surface area contributed by atoms with Gasteiger partial charge in [0.15, 0.2) is 4.90 Å². The van der Waals surface area contributed by atoms with Crippen LogP contribution in [0.5, 0.6) is 5.75 Å². The van der Waals surface area contributed by atoms with Gasteiger partial charge in [-0.05, 0) is 12.0 Å². The summed E-state index contributed by atoms with van der Waals surface area (Å²) >= 11 is 0. The number of rotatable bonds is 6. The van der Waals surface area contributed by atoms with Crippen LogP contribution in [0.2, 0.25) is 0 Å². The summed E-state index contributed by atoms with van der Waals surface area (Å²) < 4.78 is 62.0. The molecule has 2 heterocycles. The predicted octanol–water partition coefficient (Wildman–Crippen LogP) is 2.87. The molecule has 8 nitrogen and oxygen atoms in total. The van der Waals surface area contributed by atoms with Crippen LogP contribution >= 0.6 is 0 Å². The normalized spacial score (nSPS) is 11.6. The molecule has 3 rings (SSSR count). The fourth-order valence-electron chi connectivity index (χ4n) is 2.41. The molecule has 2 aromatic heterocycles. The monoisotopic (exact) mass is 409 g/mol. The summed E-state index contributed by atoms with van der Waals surface area (Å²) in [6.07, 6.45) is 2.92. The number of halogens is 2. The first-order valence-corrected chi connectivity index (χ1v) is 9.64. The van der Waals surface area contributed by atoms with E-state index in [1.54, 1.807) is 6.07 Å². The fourth-order valence-corrected chi connectivity index (χ4v) is 3.56. The van der Waals surface area contributed by atoms with E-state index in [2.05, 4.69) is 19.8 Å². The molecule has 0 unspecified atom stereocenters. The Morgan fingerprint density at radius 3 is 2.25 bits per heavy atom. The van der Waals surface area contributed by atoms with Gasteiger partial charge < -0.3 is 4.74 Å². The SMILES string of the molecule is COc1cc(F)c(S(=O)(=O)Nc2cc(C(C)C)nn2-c2ncccn2)c(F)c1. The Hall–Kier alpha value is -3.08. The van der Waals surface area contributed by atoms with Crippen molar-refractivity contribution in [3.63, 3.8) is 0 Å². The van der Waals surface area contributed by atoms with Crippen LogP contribution in [0.4, 0.5) is 14.6 Å². The number of nitrogens with zero attached hydrogens (tertiary/aromatic N) is 4. The minimum atomic E-state index is -4.61. The van der Waals surface area contributed by atoms with Gasteiger partial charge >= 0.3 is 0 Å². The Bertz CT molecular complexity index is 1080. The average Bonchev–Trinajstić information content (AvgIpc) is 3.04. The number of methoxy groups -OCH3 is 1. The van der Waals surface area contributed by atoms with Crippen LogP contribution in [-0.2, 0) is 10.0 Å². The molecular weight excluding hydrogens is 392 g/mol. The van der Waals surface area contributed by atoms with Gasteiger partial charge in [-0.25, -0.2) is 27.2 Å². The molecule has 0 aliphatic heterocycles. The second kappa shape index (κ2) is 7.50. The maximum atomic E-state index is 14.3. The quantitative estimate of drug-likeness (QED) is 0.672. The molecule has 0 amide bonds. The zero-order valence-corrected chi connectivity index (χ0v) is 16.0. The van der Waals surface area contributed by atoms with Gasteiger partial charge in [-0.15, -0.1) is 0 Å². The Morgan fingerprint density at radius 2 is 1.71 bits per heavy atom. The highest BCUT2D eigenvalue weighted by atomic mass is 32.2. The number of ether oxygens (including phenoxy) is 1. The highest BCUT2D eigenvalue weighted by Crippen LogP contribution is 2.28. The zero-order chi connectivity index (χ0) is 20.5. The molecule has 0 spiro atoms. The van der Waals surface area contributed by atoms with E-state index in [1.165, 1.54) is 25.6 Å². The first-order chi connectivity index (χ1) is 13.2. The maximum Gasteiger partial charge on any atom is 0.268 e. The van der Waals surface area contributed by atoms with Crippen molar-refractivity contribution in [3.05, 3.63) is 54.0 Å². The molecule has 3 aromatic rings. The number of anilines is 1. The zero-order valence-electron chi connectivity index (χ0n) is 15.2. The lowest BCUT2D eigenvalue weighted by Gasteiger charge is -2.11. The molecule has 0 saturated heterocycles. The minimum absolute atomic E-state index is 0.0392. The van der Waals surface area contributed by atoms with Gasteiger partial charge in [0.05, 0.1) is 12.8 Å². The number of benzene rings is 1. The van der Waals surface area contributed by atoms with Crippen molar-refractivity contribution >= 4 is 15.8 Å². The molecule has 0 radical (unpaired) electrons. The molecule has 0 aliphatic carbocycles. The molecule has 1 aromatic carbocycles. The highest BCUT2D eigenvalue weighted by molar-refractivity contribution is 7.92. The summed E-state index contributed by atoms with van der Waals surface area (Å²) in [5.41, 5.74) is 0.542. The van der Waals surface area contributed by atoms with Gasteiger partial charge in [0.2, 0.25) is 0 Å². The van der Waals surface area contributed by atoms with E-state index in [-0.39, 0.29) is 23.4 Å². The largest absolute Gasteiger partial charge is 0.497 e. The first kappa shape index (κ1) is 19.7. The van der Waals surface area contributed by atoms with Crippen molar-refractivity contribution in [2.75, 3.05) is 11.8 Å². The van der Waals surface area contributed by atoms with Crippen LogP contribution < -0.4 is 9.46 Å². The van der Waals surface area contributed by atoms with Gasteiger partial charge in [-0.2, -0.15) is 9.78 Å². The van der Waals surface area contributed by atoms with Crippen molar-refractivity contribution in [2.45, 2.75) is 24.7 Å². The standard InChI is InChI=1S/C17H17F2N5O3S/c1-10(2)14-9-15(24(22-14)17-20-5-4-6-21-17)23-28(25,26)16-12(18)7-11(27-3)8-13(16)19/h4-10,23H,1-3H3. The van der Waals surface area contributed by atoms with Crippen molar-refractivity contribution in [2.24, 2.45) is 0 Å². The highest BCUT2D eigenvalue weighted by Gasteiger charge is 2.27. The van der Waals surface area contributed by atoms with Crippen molar-refractivity contribution in [3.8, 4) is 11.7 Å². The van der Waals surface area contributed by atoms with Crippen LogP contribution in [-0.4, -0.2) is 35.3 Å². The third-order valence-corrected chi connectivity index (χ3v) is 5.18. The van der Waals surface area contributed by atoms with Crippen LogP contribution in [0, 0.1) is 11.6 Å². The number of hydrogen-bond donors (Lipinski definition) is 1. The Balaban J connectivity index is 2.08. The molecule has 0 atom stereocenters. The summed E-state index contributed by atoms with van der Waals surface area (Å²) in [5, 5.41) is 4.29. The van der Waals surface area contributed by atoms with Crippen molar-refractivity contribution in [1.82, 2.24) is 19.7 Å². The van der Waals surface area contributed by atoms with Gasteiger partial charge in [0, 0.05) is 30.6 Å². The van der Waals surface area contributed by atoms with E-state index in [0.717, 1.165) is 16.8 Å². The van der Waals surface area contributed by atoms with Gasteiger partial charge in [-0.3, -0.25) is 4.72 Å². The first-order valence-electron chi connectivity index (χ1n) is 8.16. The average molecular weight is 409 g/mol. The summed E-state index contributed by atoms with van der Waals surface area (Å²) in [6.45, 7) is 3.72. The molecule has 11 heteroatoms. The molecular formula is C17H17F2N5O3S. The molecule has 0 saturated carbocycles. The topological polar surface area (TPSA) is 99.0 Å². The number of nitrogens with one attached hydrogen (secondary N) is 1. The second-order valence-corrected chi connectivity index (χ2v) is 7.71. The smallest absolute Gasteiger partial charge is 0.268 e. The second-order valence-electron chi connectivity index (χ2n) is 6.10. The summed E-state index contributed by atoms with van der Waals surface area (Å²) in [7, 11) is -3.40. The summed E-state index contributed by atoms with van der Waals surface area (Å²) in [6, 6.07) is 4.61. The summed E-state index contributed by atoms with van der Waals surface area (Å²) in [5.74, 6) is -2.69. The molecule has 0 fully saturated rings. The predicted molar refractivity (Wildman–Crippen MR) is 97.0 cm³/mol. The van der Waals surface area contributed by atoms with E-state index < -0.39 is 26.6 Å². The molecule has 0 bridgehead atoms. The third kappa shape index (κ3) is 3.79. The van der Waals surface area contributed by atoms with Crippen LogP contribution in [0.3, 0.4) is 0 Å². The maximum absolute atomic E-state index is 14.3. The number of aromatic nitrogens is 4. The van der Waals surface area contributed by atoms with Crippen molar-refractivity contribution in [1.29, 1.82) is 0 Å². The van der Waals surface area contributed by atoms with E-state index >= 15 is 0 Å². The van der Waals surface area contributed by atoms with E-state index in [4.69, 9.17) is 4.74 Å². The lowest BCUT2D eigenvalue weighted by atomic mass is 10.1. The third-order valence-electron chi connectivity index (χ3n) is 3.78. The van der Waals surface area contributed by atoms with E-state index in [1.807, 2.05) is 13.8 Å². The fraction of sp³-hybridized carbons (Fsp3) is 0.235. The van der Waals surface area contributed by atoms with Gasteiger partial charge in [0.1, 0.15) is 23.2 Å². The van der Waals surface area contributed by atoms with E-state index in [9.17, 15) is 17.2 Å². The van der Waals surface area contributed by atoms with Gasteiger partial charge in [-0.1, -0.05) is 13.8 Å². The Labute approximate surface area is 160 Å². The number of hydrogen-bond acceptors (Lipinski definition) is 6. The van der Waals surface area contributed by atoms with Gasteiger partial charge in [0.25, 0.3) is 16.0 Å². The Kier molecular flexibility index (Phi) is 5.27. The molecule has 28 heavy (non-hydrogen) atoms. The number of sulfonamides is 1. The lowest BCUT2D eigenvalue weighted by Crippen LogP contribution is -2.19. The lowest BCUT2D eigenvalue weighted by molar-refractivity contribution is 0.402. The summed E-state index contributed by atoms with van der Waals surface area (Å²) in [4.78, 5) is 6.94. The molecule has 1 N–H and O–H groups in total. The molecule has 148 valence electrons. The van der Waals surface area contributed by atoms with Crippen LogP contribution in [0.25, 0.3) is 5.95 Å². The van der Waals surface area contributed by atoms with E-state index in [0.29, 0.717) is 5.69 Å². The van der Waals surface area contributed by atoms with Crippen LogP contribution in [0.15, 0.2) is 41.6 Å². The minimum Gasteiger partial charge on any atom is -0.497 e. The Morgan fingerprint density at radius 1 is 1.11 bits per heavy atom. The van der Waals surface area contributed by atoms with Crippen LogP contribution in [0.1, 0.15) is 25.5 Å². The van der Waals surface area contributed by atoms with Crippen molar-refractivity contribution < 1.29 is 21.9 Å².